The Morgan fingerprint density at radius 1 is 1.07 bits per heavy atom. The number of Topliss-reactive ketones (excluding diaryl/α,β-unsaturated/α-hetero) is 1. The Balaban J connectivity index is 1.75. The van der Waals surface area contributed by atoms with Crippen LogP contribution in [0.15, 0.2) is 65.9 Å². The van der Waals surface area contributed by atoms with Crippen LogP contribution in [0.2, 0.25) is 0 Å². The number of para-hydroxylation sites is 1. The van der Waals surface area contributed by atoms with E-state index in [1.807, 2.05) is 54.1 Å². The lowest BCUT2D eigenvalue weighted by Crippen LogP contribution is -2.27. The standard InChI is InChI=1S/C23H21N3O2/c1-14-20-21(15-10-12-17(27)13-11-15)22-18(8-5-9-19(22)28)24-23(20)26(25-14)16-6-3-2-4-7-16/h2-4,6-7,10-13,21,24,27H,5,8-9H2,1H3. The van der Waals surface area contributed by atoms with Gasteiger partial charge in [0, 0.05) is 29.2 Å². The highest BCUT2D eigenvalue weighted by Crippen LogP contribution is 2.47. The lowest BCUT2D eigenvalue weighted by Gasteiger charge is -2.33. The van der Waals surface area contributed by atoms with Crippen LogP contribution in [0.3, 0.4) is 0 Å². The summed E-state index contributed by atoms with van der Waals surface area (Å²) in [7, 11) is 0. The Bertz CT molecular complexity index is 1090. The van der Waals surface area contributed by atoms with E-state index in [1.54, 1.807) is 12.1 Å². The van der Waals surface area contributed by atoms with Crippen LogP contribution in [0, 0.1) is 6.92 Å². The Kier molecular flexibility index (Phi) is 3.83. The molecule has 1 aliphatic heterocycles. The summed E-state index contributed by atoms with van der Waals surface area (Å²) in [5, 5.41) is 18.1. The molecule has 1 atom stereocenters. The van der Waals surface area contributed by atoms with Crippen LogP contribution >= 0.6 is 0 Å². The molecule has 0 amide bonds. The number of anilines is 1. The smallest absolute Gasteiger partial charge is 0.161 e. The van der Waals surface area contributed by atoms with Crippen LogP contribution < -0.4 is 5.32 Å². The second kappa shape index (κ2) is 6.37. The predicted octanol–water partition coefficient (Wildman–Crippen LogP) is 4.45. The van der Waals surface area contributed by atoms with Gasteiger partial charge in [0.15, 0.2) is 5.78 Å². The maximum Gasteiger partial charge on any atom is 0.161 e. The molecule has 0 bridgehead atoms. The van der Waals surface area contributed by atoms with Gasteiger partial charge in [0.25, 0.3) is 0 Å². The van der Waals surface area contributed by atoms with Gasteiger partial charge in [0.05, 0.1) is 11.4 Å². The minimum absolute atomic E-state index is 0.169. The van der Waals surface area contributed by atoms with Crippen molar-refractivity contribution >= 4 is 11.6 Å². The number of carbonyl (C=O) groups is 1. The third kappa shape index (κ3) is 2.54. The summed E-state index contributed by atoms with van der Waals surface area (Å²) in [6, 6.07) is 17.2. The van der Waals surface area contributed by atoms with Gasteiger partial charge in [-0.3, -0.25) is 4.79 Å². The highest BCUT2D eigenvalue weighted by atomic mass is 16.3. The molecular formula is C23H21N3O2. The van der Waals surface area contributed by atoms with Gasteiger partial charge in [0.1, 0.15) is 11.6 Å². The van der Waals surface area contributed by atoms with Crippen molar-refractivity contribution in [1.82, 2.24) is 9.78 Å². The van der Waals surface area contributed by atoms with Crippen molar-refractivity contribution in [1.29, 1.82) is 0 Å². The van der Waals surface area contributed by atoms with Crippen molar-refractivity contribution in [3.63, 3.8) is 0 Å². The number of aryl methyl sites for hydroxylation is 1. The fraction of sp³-hybridized carbons (Fsp3) is 0.217. The SMILES string of the molecule is Cc1nn(-c2ccccc2)c2c1C(c1ccc(O)cc1)C1=C(CCCC1=O)N2. The molecule has 0 fully saturated rings. The number of benzene rings is 2. The molecule has 0 saturated carbocycles. The lowest BCUT2D eigenvalue weighted by molar-refractivity contribution is -0.116. The molecule has 2 aromatic carbocycles. The number of phenolic OH excluding ortho intramolecular Hbond substituents is 1. The molecule has 0 radical (unpaired) electrons. The van der Waals surface area contributed by atoms with Gasteiger partial charge >= 0.3 is 0 Å². The van der Waals surface area contributed by atoms with Gasteiger partial charge in [0.2, 0.25) is 0 Å². The normalized spacial score (nSPS) is 18.5. The Morgan fingerprint density at radius 3 is 2.57 bits per heavy atom. The van der Waals surface area contributed by atoms with E-state index in [0.717, 1.165) is 52.4 Å². The molecule has 1 aromatic heterocycles. The molecule has 1 aliphatic carbocycles. The van der Waals surface area contributed by atoms with Crippen LogP contribution in [-0.4, -0.2) is 20.7 Å². The van der Waals surface area contributed by atoms with Crippen LogP contribution in [0.1, 0.15) is 42.0 Å². The zero-order valence-corrected chi connectivity index (χ0v) is 15.6. The number of rotatable bonds is 2. The second-order valence-corrected chi connectivity index (χ2v) is 7.41. The zero-order valence-electron chi connectivity index (χ0n) is 15.6. The van der Waals surface area contributed by atoms with Gasteiger partial charge in [-0.25, -0.2) is 4.68 Å². The largest absolute Gasteiger partial charge is 0.508 e. The lowest BCUT2D eigenvalue weighted by atomic mass is 9.76. The number of fused-ring (bicyclic) bond motifs is 1. The van der Waals surface area contributed by atoms with Gasteiger partial charge < -0.3 is 10.4 Å². The van der Waals surface area contributed by atoms with Gasteiger partial charge in [-0.1, -0.05) is 30.3 Å². The summed E-state index contributed by atoms with van der Waals surface area (Å²) in [6.45, 7) is 1.99. The first-order valence-electron chi connectivity index (χ1n) is 9.60. The highest BCUT2D eigenvalue weighted by Gasteiger charge is 2.38. The van der Waals surface area contributed by atoms with E-state index < -0.39 is 0 Å². The van der Waals surface area contributed by atoms with Crippen LogP contribution in [-0.2, 0) is 4.79 Å². The quantitative estimate of drug-likeness (QED) is 0.698. The molecule has 140 valence electrons. The molecule has 2 heterocycles. The number of hydrogen-bond donors (Lipinski definition) is 2. The van der Waals surface area contributed by atoms with E-state index in [9.17, 15) is 9.90 Å². The molecule has 1 unspecified atom stereocenters. The third-order valence-corrected chi connectivity index (χ3v) is 5.64. The molecule has 5 nitrogen and oxygen atoms in total. The first-order chi connectivity index (χ1) is 13.6. The molecule has 28 heavy (non-hydrogen) atoms. The molecule has 0 spiro atoms. The average molecular weight is 371 g/mol. The number of aromatic nitrogens is 2. The van der Waals surface area contributed by atoms with Crippen LogP contribution in [0.25, 0.3) is 5.69 Å². The van der Waals surface area contributed by atoms with Crippen LogP contribution in [0.4, 0.5) is 5.82 Å². The molecule has 5 heteroatoms. The number of hydrogen-bond acceptors (Lipinski definition) is 4. The predicted molar refractivity (Wildman–Crippen MR) is 108 cm³/mol. The van der Waals surface area contributed by atoms with E-state index in [0.29, 0.717) is 6.42 Å². The first kappa shape index (κ1) is 16.8. The summed E-state index contributed by atoms with van der Waals surface area (Å²) in [5.74, 6) is 1.18. The number of aromatic hydroxyl groups is 1. The van der Waals surface area contributed by atoms with Crippen molar-refractivity contribution in [3.8, 4) is 11.4 Å². The summed E-state index contributed by atoms with van der Waals surface area (Å²) in [4.78, 5) is 12.9. The van der Waals surface area contributed by atoms with Gasteiger partial charge in [-0.2, -0.15) is 5.10 Å². The van der Waals surface area contributed by atoms with Crippen molar-refractivity contribution < 1.29 is 9.90 Å². The van der Waals surface area contributed by atoms with Gasteiger partial charge in [-0.15, -0.1) is 0 Å². The van der Waals surface area contributed by atoms with Crippen molar-refractivity contribution in [2.24, 2.45) is 0 Å². The number of nitrogens with zero attached hydrogens (tertiary/aromatic N) is 2. The summed E-state index contributed by atoms with van der Waals surface area (Å²) >= 11 is 0. The monoisotopic (exact) mass is 371 g/mol. The number of carbonyl (C=O) groups excluding carboxylic acids is 1. The third-order valence-electron chi connectivity index (χ3n) is 5.64. The molecule has 5 rings (SSSR count). The number of ketones is 1. The maximum absolute atomic E-state index is 12.9. The average Bonchev–Trinajstić information content (AvgIpc) is 3.04. The van der Waals surface area contributed by atoms with Crippen molar-refractivity contribution in [2.45, 2.75) is 32.1 Å². The number of allylic oxidation sites excluding steroid dienone is 2. The van der Waals surface area contributed by atoms with E-state index in [-0.39, 0.29) is 17.5 Å². The number of phenols is 1. The topological polar surface area (TPSA) is 67.1 Å². The van der Waals surface area contributed by atoms with Crippen LogP contribution in [0.5, 0.6) is 5.75 Å². The molecule has 2 N–H and O–H groups in total. The van der Waals surface area contributed by atoms with E-state index in [4.69, 9.17) is 5.10 Å². The maximum atomic E-state index is 12.9. The van der Waals surface area contributed by atoms with E-state index >= 15 is 0 Å². The summed E-state index contributed by atoms with van der Waals surface area (Å²) in [5.41, 5.74) is 5.76. The molecule has 2 aliphatic rings. The zero-order chi connectivity index (χ0) is 19.3. The van der Waals surface area contributed by atoms with Crippen molar-refractivity contribution in [3.05, 3.63) is 82.7 Å². The highest BCUT2D eigenvalue weighted by molar-refractivity contribution is 6.01. The van der Waals surface area contributed by atoms with E-state index in [2.05, 4.69) is 5.32 Å². The Morgan fingerprint density at radius 2 is 1.82 bits per heavy atom. The Hall–Kier alpha value is -3.34. The summed E-state index contributed by atoms with van der Waals surface area (Å²) < 4.78 is 1.93. The first-order valence-corrected chi connectivity index (χ1v) is 9.60. The Labute approximate surface area is 163 Å². The van der Waals surface area contributed by atoms with Crippen molar-refractivity contribution in [2.75, 3.05) is 5.32 Å². The number of nitrogens with one attached hydrogen (secondary N) is 1. The van der Waals surface area contributed by atoms with Gasteiger partial charge in [-0.05, 0) is 49.6 Å². The molecule has 0 saturated heterocycles. The molecular weight excluding hydrogens is 350 g/mol. The fourth-order valence-electron chi connectivity index (χ4n) is 4.38. The molecule has 3 aromatic rings. The minimum Gasteiger partial charge on any atom is -0.508 e. The summed E-state index contributed by atoms with van der Waals surface area (Å²) in [6.07, 6.45) is 2.30. The minimum atomic E-state index is -0.169. The van der Waals surface area contributed by atoms with E-state index in [1.165, 1.54) is 0 Å². The second-order valence-electron chi connectivity index (χ2n) is 7.41. The fourth-order valence-corrected chi connectivity index (χ4v) is 4.38.